The average molecular weight is 482 g/mol. The third-order valence-electron chi connectivity index (χ3n) is 5.05. The predicted molar refractivity (Wildman–Crippen MR) is 132 cm³/mol. The summed E-state index contributed by atoms with van der Waals surface area (Å²) < 4.78 is 32.1. The Hall–Kier alpha value is -3.85. The van der Waals surface area contributed by atoms with Crippen molar-refractivity contribution in [2.75, 3.05) is 23.8 Å². The minimum atomic E-state index is -3.79. The van der Waals surface area contributed by atoms with Crippen LogP contribution in [0, 0.1) is 0 Å². The first-order chi connectivity index (χ1) is 16.1. The Morgan fingerprint density at radius 1 is 0.882 bits per heavy atom. The van der Waals surface area contributed by atoms with E-state index in [1.807, 2.05) is 13.8 Å². The lowest BCUT2D eigenvalue weighted by Crippen LogP contribution is -2.31. The van der Waals surface area contributed by atoms with Gasteiger partial charge in [0.2, 0.25) is 0 Å². The molecule has 0 bridgehead atoms. The van der Waals surface area contributed by atoms with Gasteiger partial charge in [-0.25, -0.2) is 8.42 Å². The van der Waals surface area contributed by atoms with Crippen LogP contribution >= 0.6 is 0 Å². The summed E-state index contributed by atoms with van der Waals surface area (Å²) >= 11 is 0. The van der Waals surface area contributed by atoms with E-state index in [2.05, 4.69) is 10.6 Å². The molecule has 0 aliphatic rings. The van der Waals surface area contributed by atoms with Crippen molar-refractivity contribution < 1.29 is 22.7 Å². The number of sulfonamides is 1. The van der Waals surface area contributed by atoms with Gasteiger partial charge in [-0.2, -0.15) is 0 Å². The average Bonchev–Trinajstić information content (AvgIpc) is 2.83. The van der Waals surface area contributed by atoms with Crippen LogP contribution < -0.4 is 19.7 Å². The molecule has 0 saturated carbocycles. The number of nitrogens with zero attached hydrogens (tertiary/aromatic N) is 1. The van der Waals surface area contributed by atoms with Gasteiger partial charge in [-0.05, 0) is 74.5 Å². The Bertz CT molecular complexity index is 1270. The van der Waals surface area contributed by atoms with Crippen molar-refractivity contribution in [1.82, 2.24) is 5.32 Å². The van der Waals surface area contributed by atoms with Gasteiger partial charge >= 0.3 is 0 Å². The lowest BCUT2D eigenvalue weighted by atomic mass is 10.1. The summed E-state index contributed by atoms with van der Waals surface area (Å²) in [6.45, 7) is 3.71. The van der Waals surface area contributed by atoms with Crippen LogP contribution in [0.5, 0.6) is 5.75 Å². The van der Waals surface area contributed by atoms with E-state index in [1.54, 1.807) is 48.5 Å². The molecule has 0 aliphatic heterocycles. The molecule has 34 heavy (non-hydrogen) atoms. The Morgan fingerprint density at radius 2 is 1.50 bits per heavy atom. The number of amides is 2. The number of carbonyl (C=O) groups excluding carboxylic acids is 2. The molecule has 0 unspecified atom stereocenters. The number of methoxy groups -OCH3 is 1. The molecule has 0 spiro atoms. The molecule has 3 aromatic rings. The number of rotatable bonds is 8. The van der Waals surface area contributed by atoms with E-state index in [1.165, 1.54) is 38.4 Å². The number of hydrogen-bond acceptors (Lipinski definition) is 5. The van der Waals surface area contributed by atoms with Crippen molar-refractivity contribution in [1.29, 1.82) is 0 Å². The molecule has 8 nitrogen and oxygen atoms in total. The minimum absolute atomic E-state index is 0.0463. The van der Waals surface area contributed by atoms with E-state index in [-0.39, 0.29) is 16.8 Å². The van der Waals surface area contributed by atoms with Gasteiger partial charge in [-0.3, -0.25) is 13.9 Å². The Balaban J connectivity index is 1.77. The van der Waals surface area contributed by atoms with Crippen molar-refractivity contribution in [2.45, 2.75) is 24.8 Å². The number of hydrogen-bond donors (Lipinski definition) is 2. The maximum absolute atomic E-state index is 12.9. The second-order valence-corrected chi connectivity index (χ2v) is 9.79. The molecule has 3 aromatic carbocycles. The SMILES string of the molecule is COc1ccc(S(=O)(=O)N(C)c2ccc(C(=O)Nc3ccccc3C(=O)NC(C)C)cc2)cc1. The van der Waals surface area contributed by atoms with Gasteiger partial charge < -0.3 is 15.4 Å². The summed E-state index contributed by atoms with van der Waals surface area (Å²) in [6, 6.07) is 18.9. The molecule has 9 heteroatoms. The number of para-hydroxylation sites is 1. The standard InChI is InChI=1S/C25H27N3O5S/c1-17(2)26-25(30)22-7-5-6-8-23(22)27-24(29)18-9-11-19(12-10-18)28(3)34(31,32)21-15-13-20(33-4)14-16-21/h5-17H,1-4H3,(H,26,30)(H,27,29). The lowest BCUT2D eigenvalue weighted by Gasteiger charge is -2.20. The van der Waals surface area contributed by atoms with E-state index < -0.39 is 15.9 Å². The van der Waals surface area contributed by atoms with Gasteiger partial charge in [0, 0.05) is 18.7 Å². The summed E-state index contributed by atoms with van der Waals surface area (Å²) in [5, 5.41) is 5.56. The summed E-state index contributed by atoms with van der Waals surface area (Å²) in [7, 11) is -0.842. The normalized spacial score (nSPS) is 11.1. The quantitative estimate of drug-likeness (QED) is 0.508. The molecule has 178 valence electrons. The number of nitrogens with one attached hydrogen (secondary N) is 2. The van der Waals surface area contributed by atoms with Crippen LogP contribution in [-0.2, 0) is 10.0 Å². The van der Waals surface area contributed by atoms with E-state index in [4.69, 9.17) is 4.74 Å². The van der Waals surface area contributed by atoms with Gasteiger partial charge in [0.25, 0.3) is 21.8 Å². The Labute approximate surface area is 199 Å². The van der Waals surface area contributed by atoms with Gasteiger partial charge in [0.05, 0.1) is 28.9 Å². The first-order valence-electron chi connectivity index (χ1n) is 10.6. The summed E-state index contributed by atoms with van der Waals surface area (Å²) in [5.41, 5.74) is 1.45. The van der Waals surface area contributed by atoms with Crippen molar-refractivity contribution >= 4 is 33.2 Å². The summed E-state index contributed by atoms with van der Waals surface area (Å²) in [4.78, 5) is 25.3. The van der Waals surface area contributed by atoms with Gasteiger partial charge in [-0.15, -0.1) is 0 Å². The van der Waals surface area contributed by atoms with Crippen LogP contribution in [0.2, 0.25) is 0 Å². The molecule has 0 aliphatic carbocycles. The largest absolute Gasteiger partial charge is 0.497 e. The summed E-state index contributed by atoms with van der Waals surface area (Å²) in [5.74, 6) is -0.149. The first-order valence-corrected chi connectivity index (χ1v) is 12.0. The molecule has 3 rings (SSSR count). The lowest BCUT2D eigenvalue weighted by molar-refractivity contribution is 0.0944. The molecule has 0 heterocycles. The van der Waals surface area contributed by atoms with E-state index in [0.717, 1.165) is 4.31 Å². The molecule has 2 N–H and O–H groups in total. The second-order valence-electron chi connectivity index (χ2n) is 7.82. The fourth-order valence-electron chi connectivity index (χ4n) is 3.19. The number of anilines is 2. The zero-order valence-electron chi connectivity index (χ0n) is 19.4. The van der Waals surface area contributed by atoms with Crippen LogP contribution in [0.15, 0.2) is 77.7 Å². The highest BCUT2D eigenvalue weighted by atomic mass is 32.2. The van der Waals surface area contributed by atoms with Crippen LogP contribution in [0.25, 0.3) is 0 Å². The second kappa shape index (κ2) is 10.4. The molecule has 2 amide bonds. The molecule has 0 fully saturated rings. The monoisotopic (exact) mass is 481 g/mol. The van der Waals surface area contributed by atoms with Crippen LogP contribution in [0.3, 0.4) is 0 Å². The minimum Gasteiger partial charge on any atom is -0.497 e. The smallest absolute Gasteiger partial charge is 0.264 e. The molecular weight excluding hydrogens is 454 g/mol. The van der Waals surface area contributed by atoms with Crippen molar-refractivity contribution in [3.8, 4) is 5.75 Å². The highest BCUT2D eigenvalue weighted by Crippen LogP contribution is 2.24. The maximum atomic E-state index is 12.9. The summed E-state index contributed by atoms with van der Waals surface area (Å²) in [6.07, 6.45) is 0. The first kappa shape index (κ1) is 24.8. The third kappa shape index (κ3) is 5.55. The third-order valence-corrected chi connectivity index (χ3v) is 6.85. The zero-order chi connectivity index (χ0) is 24.9. The number of ether oxygens (including phenoxy) is 1. The van der Waals surface area contributed by atoms with E-state index in [9.17, 15) is 18.0 Å². The Morgan fingerprint density at radius 3 is 2.09 bits per heavy atom. The van der Waals surface area contributed by atoms with Crippen molar-refractivity contribution in [3.63, 3.8) is 0 Å². The molecule has 0 aromatic heterocycles. The molecular formula is C25H27N3O5S. The number of carbonyl (C=O) groups is 2. The van der Waals surface area contributed by atoms with Crippen LogP contribution in [0.1, 0.15) is 34.6 Å². The fourth-order valence-corrected chi connectivity index (χ4v) is 4.39. The van der Waals surface area contributed by atoms with Crippen molar-refractivity contribution in [2.24, 2.45) is 0 Å². The number of benzene rings is 3. The highest BCUT2D eigenvalue weighted by Gasteiger charge is 2.22. The zero-order valence-corrected chi connectivity index (χ0v) is 20.2. The van der Waals surface area contributed by atoms with Crippen molar-refractivity contribution in [3.05, 3.63) is 83.9 Å². The predicted octanol–water partition coefficient (Wildman–Crippen LogP) is 3.91. The maximum Gasteiger partial charge on any atom is 0.264 e. The van der Waals surface area contributed by atoms with E-state index >= 15 is 0 Å². The molecule has 0 saturated heterocycles. The van der Waals surface area contributed by atoms with Gasteiger partial charge in [0.15, 0.2) is 0 Å². The topological polar surface area (TPSA) is 105 Å². The van der Waals surface area contributed by atoms with Gasteiger partial charge in [0.1, 0.15) is 5.75 Å². The van der Waals surface area contributed by atoms with Gasteiger partial charge in [-0.1, -0.05) is 12.1 Å². The Kier molecular flexibility index (Phi) is 7.57. The molecule has 0 atom stereocenters. The van der Waals surface area contributed by atoms with E-state index in [0.29, 0.717) is 28.3 Å². The molecule has 0 radical (unpaired) electrons. The fraction of sp³-hybridized carbons (Fsp3) is 0.200. The highest BCUT2D eigenvalue weighted by molar-refractivity contribution is 7.92. The van der Waals surface area contributed by atoms with Crippen LogP contribution in [-0.4, -0.2) is 40.4 Å². The van der Waals surface area contributed by atoms with Crippen LogP contribution in [0.4, 0.5) is 11.4 Å².